The number of fused-ring (bicyclic) bond motifs is 2. The number of benzene rings is 1. The Kier molecular flexibility index (Phi) is 4.91. The topological polar surface area (TPSA) is 61.4 Å². The Morgan fingerprint density at radius 1 is 1.19 bits per heavy atom. The van der Waals surface area contributed by atoms with Crippen LogP contribution in [0, 0.1) is 6.92 Å². The van der Waals surface area contributed by atoms with Crippen LogP contribution in [0.4, 0.5) is 11.8 Å². The molecule has 3 heterocycles. The summed E-state index contributed by atoms with van der Waals surface area (Å²) in [5.74, 6) is 1.70. The number of hydrogen-bond acceptors (Lipinski definition) is 5. The maximum atomic E-state index is 13.0. The van der Waals surface area contributed by atoms with Crippen LogP contribution in [0.25, 0.3) is 0 Å². The van der Waals surface area contributed by atoms with Gasteiger partial charge >= 0.3 is 0 Å². The molecule has 1 aromatic heterocycles. The molecule has 142 valence electrons. The Labute approximate surface area is 164 Å². The largest absolute Gasteiger partial charge is 0.370 e. The van der Waals surface area contributed by atoms with Crippen LogP contribution >= 0.6 is 11.6 Å². The fourth-order valence-electron chi connectivity index (χ4n) is 4.11. The highest BCUT2D eigenvalue weighted by atomic mass is 35.5. The SMILES string of the molecule is CCNc1cc(C)nc(N2CC3CCC(C2)N3C(=O)c2ccc(Cl)cc2)n1. The van der Waals surface area contributed by atoms with Gasteiger partial charge in [-0.05, 0) is 51.0 Å². The van der Waals surface area contributed by atoms with Crippen molar-refractivity contribution in [3.8, 4) is 0 Å². The summed E-state index contributed by atoms with van der Waals surface area (Å²) in [6.07, 6.45) is 2.04. The van der Waals surface area contributed by atoms with Crippen LogP contribution in [0.5, 0.6) is 0 Å². The normalized spacial score (nSPS) is 21.4. The second-order valence-corrected chi connectivity index (χ2v) is 7.67. The zero-order valence-electron chi connectivity index (χ0n) is 15.7. The van der Waals surface area contributed by atoms with E-state index in [2.05, 4.69) is 32.0 Å². The second kappa shape index (κ2) is 7.35. The second-order valence-electron chi connectivity index (χ2n) is 7.23. The lowest BCUT2D eigenvalue weighted by molar-refractivity contribution is 0.0640. The molecule has 0 radical (unpaired) electrons. The summed E-state index contributed by atoms with van der Waals surface area (Å²) < 4.78 is 0. The number of piperazine rings is 1. The Balaban J connectivity index is 1.54. The Hall–Kier alpha value is -2.34. The van der Waals surface area contributed by atoms with Gasteiger partial charge in [0.25, 0.3) is 5.91 Å². The van der Waals surface area contributed by atoms with E-state index in [0.717, 1.165) is 49.9 Å². The fourth-order valence-corrected chi connectivity index (χ4v) is 4.23. The maximum Gasteiger partial charge on any atom is 0.254 e. The first-order chi connectivity index (χ1) is 13.0. The van der Waals surface area contributed by atoms with Crippen molar-refractivity contribution in [2.45, 2.75) is 38.8 Å². The number of halogens is 1. The van der Waals surface area contributed by atoms with Crippen LogP contribution in [-0.4, -0.2) is 52.5 Å². The van der Waals surface area contributed by atoms with Gasteiger partial charge in [0.05, 0.1) is 12.1 Å². The average Bonchev–Trinajstić information content (AvgIpc) is 2.91. The number of nitrogens with one attached hydrogen (secondary N) is 1. The molecule has 0 saturated carbocycles. The summed E-state index contributed by atoms with van der Waals surface area (Å²) in [5.41, 5.74) is 1.65. The van der Waals surface area contributed by atoms with E-state index < -0.39 is 0 Å². The molecule has 4 rings (SSSR count). The number of carbonyl (C=O) groups excluding carboxylic acids is 1. The summed E-state index contributed by atoms with van der Waals surface area (Å²) in [7, 11) is 0. The van der Waals surface area contributed by atoms with Crippen molar-refractivity contribution >= 4 is 29.3 Å². The number of hydrogen-bond donors (Lipinski definition) is 1. The van der Waals surface area contributed by atoms with E-state index in [-0.39, 0.29) is 18.0 Å². The van der Waals surface area contributed by atoms with Gasteiger partial charge in [-0.2, -0.15) is 4.98 Å². The summed E-state index contributed by atoms with van der Waals surface area (Å²) in [6.45, 7) is 6.40. The smallest absolute Gasteiger partial charge is 0.254 e. The van der Waals surface area contributed by atoms with E-state index in [1.165, 1.54) is 0 Å². The zero-order chi connectivity index (χ0) is 19.0. The average molecular weight is 386 g/mol. The number of anilines is 2. The standard InChI is InChI=1S/C20H24ClN5O/c1-3-22-18-10-13(2)23-20(24-18)25-11-16-8-9-17(12-25)26(16)19(27)14-4-6-15(21)7-5-14/h4-7,10,16-17H,3,8-9,11-12H2,1-2H3,(H,22,23,24). The molecule has 0 spiro atoms. The van der Waals surface area contributed by atoms with E-state index in [1.807, 2.05) is 25.1 Å². The molecule has 7 heteroatoms. The van der Waals surface area contributed by atoms with Crippen LogP contribution in [-0.2, 0) is 0 Å². The molecule has 2 unspecified atom stereocenters. The number of aryl methyl sites for hydroxylation is 1. The van der Waals surface area contributed by atoms with Gasteiger partial charge < -0.3 is 15.1 Å². The molecule has 2 saturated heterocycles. The summed E-state index contributed by atoms with van der Waals surface area (Å²) >= 11 is 5.96. The van der Waals surface area contributed by atoms with Crippen molar-refractivity contribution in [1.29, 1.82) is 0 Å². The third kappa shape index (κ3) is 3.58. The lowest BCUT2D eigenvalue weighted by atomic mass is 10.1. The first kappa shape index (κ1) is 18.0. The summed E-state index contributed by atoms with van der Waals surface area (Å²) in [5, 5.41) is 3.91. The van der Waals surface area contributed by atoms with Crippen LogP contribution in [0.2, 0.25) is 5.02 Å². The van der Waals surface area contributed by atoms with Gasteiger partial charge in [0, 0.05) is 42.0 Å². The van der Waals surface area contributed by atoms with Crippen LogP contribution in [0.15, 0.2) is 30.3 Å². The Morgan fingerprint density at radius 3 is 2.48 bits per heavy atom. The molecule has 6 nitrogen and oxygen atoms in total. The van der Waals surface area contributed by atoms with E-state index in [4.69, 9.17) is 11.6 Å². The predicted octanol–water partition coefficient (Wildman–Crippen LogP) is 3.36. The van der Waals surface area contributed by atoms with Crippen molar-refractivity contribution in [2.75, 3.05) is 29.9 Å². The molecule has 1 N–H and O–H groups in total. The van der Waals surface area contributed by atoms with Gasteiger partial charge in [-0.1, -0.05) is 11.6 Å². The van der Waals surface area contributed by atoms with Crippen molar-refractivity contribution in [3.05, 3.63) is 46.6 Å². The number of rotatable bonds is 4. The van der Waals surface area contributed by atoms with Crippen molar-refractivity contribution in [3.63, 3.8) is 0 Å². The molecule has 0 aliphatic carbocycles. The minimum absolute atomic E-state index is 0.0947. The minimum Gasteiger partial charge on any atom is -0.370 e. The molecule has 2 aliphatic rings. The van der Waals surface area contributed by atoms with Gasteiger partial charge in [-0.25, -0.2) is 4.98 Å². The molecular weight excluding hydrogens is 362 g/mol. The molecule has 2 fully saturated rings. The van der Waals surface area contributed by atoms with Crippen molar-refractivity contribution < 1.29 is 4.79 Å². The number of nitrogens with zero attached hydrogens (tertiary/aromatic N) is 4. The summed E-state index contributed by atoms with van der Waals surface area (Å²) in [6, 6.07) is 9.51. The number of amides is 1. The highest BCUT2D eigenvalue weighted by Crippen LogP contribution is 2.33. The predicted molar refractivity (Wildman–Crippen MR) is 108 cm³/mol. The van der Waals surface area contributed by atoms with Gasteiger partial charge in [0.15, 0.2) is 0 Å². The number of carbonyl (C=O) groups is 1. The van der Waals surface area contributed by atoms with Gasteiger partial charge in [0.2, 0.25) is 5.95 Å². The monoisotopic (exact) mass is 385 g/mol. The molecule has 2 aromatic rings. The maximum absolute atomic E-state index is 13.0. The molecule has 2 aliphatic heterocycles. The van der Waals surface area contributed by atoms with Crippen LogP contribution in [0.3, 0.4) is 0 Å². The number of aromatic nitrogens is 2. The third-order valence-corrected chi connectivity index (χ3v) is 5.54. The highest BCUT2D eigenvalue weighted by molar-refractivity contribution is 6.30. The minimum atomic E-state index is 0.0947. The quantitative estimate of drug-likeness (QED) is 0.874. The van der Waals surface area contributed by atoms with Crippen LogP contribution in [0.1, 0.15) is 35.8 Å². The van der Waals surface area contributed by atoms with E-state index >= 15 is 0 Å². The summed E-state index contributed by atoms with van der Waals surface area (Å²) in [4.78, 5) is 26.6. The lowest BCUT2D eigenvalue weighted by Crippen LogP contribution is -2.56. The first-order valence-corrected chi connectivity index (χ1v) is 9.85. The van der Waals surface area contributed by atoms with Crippen molar-refractivity contribution in [2.24, 2.45) is 0 Å². The Bertz CT molecular complexity index is 827. The molecule has 1 amide bonds. The first-order valence-electron chi connectivity index (χ1n) is 9.48. The van der Waals surface area contributed by atoms with E-state index in [0.29, 0.717) is 10.6 Å². The molecular formula is C20H24ClN5O. The lowest BCUT2D eigenvalue weighted by Gasteiger charge is -2.41. The zero-order valence-corrected chi connectivity index (χ0v) is 16.4. The Morgan fingerprint density at radius 2 is 1.85 bits per heavy atom. The highest BCUT2D eigenvalue weighted by Gasteiger charge is 2.43. The van der Waals surface area contributed by atoms with Gasteiger partial charge in [-0.3, -0.25) is 4.79 Å². The van der Waals surface area contributed by atoms with Gasteiger partial charge in [0.1, 0.15) is 5.82 Å². The fraction of sp³-hybridized carbons (Fsp3) is 0.450. The van der Waals surface area contributed by atoms with E-state index in [1.54, 1.807) is 12.1 Å². The molecule has 27 heavy (non-hydrogen) atoms. The van der Waals surface area contributed by atoms with Crippen LogP contribution < -0.4 is 10.2 Å². The molecule has 1 aromatic carbocycles. The molecule has 2 bridgehead atoms. The van der Waals surface area contributed by atoms with Gasteiger partial charge in [-0.15, -0.1) is 0 Å². The molecule has 2 atom stereocenters. The van der Waals surface area contributed by atoms with Crippen molar-refractivity contribution in [1.82, 2.24) is 14.9 Å². The third-order valence-electron chi connectivity index (χ3n) is 5.29. The van der Waals surface area contributed by atoms with E-state index in [9.17, 15) is 4.79 Å².